The van der Waals surface area contributed by atoms with E-state index in [1.54, 1.807) is 4.90 Å². The molecule has 0 saturated carbocycles. The van der Waals surface area contributed by atoms with Crippen molar-refractivity contribution in [3.8, 4) is 0 Å². The van der Waals surface area contributed by atoms with Crippen molar-refractivity contribution in [2.75, 3.05) is 25.4 Å². The van der Waals surface area contributed by atoms with Gasteiger partial charge in [0.2, 0.25) is 0 Å². The molecular weight excluding hydrogens is 212 g/mol. The predicted octanol–water partition coefficient (Wildman–Crippen LogP) is 1.05. The third-order valence-corrected chi connectivity index (χ3v) is 4.29. The lowest BCUT2D eigenvalue weighted by atomic mass is 10.2. The number of cyclic esters (lactones) is 1. The van der Waals surface area contributed by atoms with Crippen molar-refractivity contribution in [1.82, 2.24) is 4.90 Å². The molecule has 0 bridgehead atoms. The number of hydrogen-bond acceptors (Lipinski definition) is 4. The van der Waals surface area contributed by atoms with E-state index < -0.39 is 0 Å². The van der Waals surface area contributed by atoms with Gasteiger partial charge in [-0.1, -0.05) is 6.42 Å². The second-order valence-electron chi connectivity index (χ2n) is 4.14. The van der Waals surface area contributed by atoms with Gasteiger partial charge in [-0.25, -0.2) is 4.79 Å². The average molecular weight is 230 g/mol. The largest absolute Gasteiger partial charge is 0.443 e. The molecule has 0 aliphatic carbocycles. The Balaban J connectivity index is 1.81. The summed E-state index contributed by atoms with van der Waals surface area (Å²) in [6.45, 7) is 1.94. The van der Waals surface area contributed by atoms with Gasteiger partial charge in [0.1, 0.15) is 6.10 Å². The minimum Gasteiger partial charge on any atom is -0.443 e. The lowest BCUT2D eigenvalue weighted by Gasteiger charge is -2.24. The first-order valence-electron chi connectivity index (χ1n) is 5.57. The van der Waals surface area contributed by atoms with Crippen molar-refractivity contribution in [2.24, 2.45) is 5.73 Å². The molecule has 2 aliphatic heterocycles. The predicted molar refractivity (Wildman–Crippen MR) is 61.0 cm³/mol. The molecule has 2 N–H and O–H groups in total. The number of amides is 1. The van der Waals surface area contributed by atoms with Crippen LogP contribution in [-0.2, 0) is 4.74 Å². The molecule has 0 aromatic heterocycles. The van der Waals surface area contributed by atoms with Gasteiger partial charge in [-0.2, -0.15) is 11.8 Å². The molecule has 0 aromatic rings. The average Bonchev–Trinajstić information content (AvgIpc) is 2.61. The molecule has 2 rings (SSSR count). The zero-order chi connectivity index (χ0) is 10.7. The molecule has 4 nitrogen and oxygen atoms in total. The highest BCUT2D eigenvalue weighted by molar-refractivity contribution is 7.99. The molecule has 1 amide bonds. The SMILES string of the molecule is NC[C@H]1CN(CC2CCCCS2)C(=O)O1. The maximum Gasteiger partial charge on any atom is 0.410 e. The van der Waals surface area contributed by atoms with Crippen molar-refractivity contribution in [3.63, 3.8) is 0 Å². The number of carbonyl (C=O) groups is 1. The van der Waals surface area contributed by atoms with Crippen LogP contribution >= 0.6 is 11.8 Å². The van der Waals surface area contributed by atoms with Gasteiger partial charge in [-0.3, -0.25) is 0 Å². The highest BCUT2D eigenvalue weighted by Gasteiger charge is 2.32. The fourth-order valence-corrected chi connectivity index (χ4v) is 3.37. The Morgan fingerprint density at radius 2 is 2.40 bits per heavy atom. The molecule has 5 heteroatoms. The minimum atomic E-state index is -0.184. The smallest absolute Gasteiger partial charge is 0.410 e. The highest BCUT2D eigenvalue weighted by Crippen LogP contribution is 2.26. The summed E-state index contributed by atoms with van der Waals surface area (Å²) in [6, 6.07) is 0. The first kappa shape index (κ1) is 11.1. The maximum absolute atomic E-state index is 11.5. The van der Waals surface area contributed by atoms with Crippen LogP contribution in [0.2, 0.25) is 0 Å². The number of carbonyl (C=O) groups excluding carboxylic acids is 1. The monoisotopic (exact) mass is 230 g/mol. The molecule has 2 heterocycles. The summed E-state index contributed by atoms with van der Waals surface area (Å²) in [7, 11) is 0. The number of rotatable bonds is 3. The molecule has 2 saturated heterocycles. The van der Waals surface area contributed by atoms with E-state index in [4.69, 9.17) is 10.5 Å². The fraction of sp³-hybridized carbons (Fsp3) is 0.900. The van der Waals surface area contributed by atoms with E-state index in [9.17, 15) is 4.79 Å². The number of nitrogens with two attached hydrogens (primary N) is 1. The Morgan fingerprint density at radius 3 is 3.00 bits per heavy atom. The Bertz CT molecular complexity index is 231. The molecular formula is C10H18N2O2S. The summed E-state index contributed by atoms with van der Waals surface area (Å²) >= 11 is 1.98. The zero-order valence-corrected chi connectivity index (χ0v) is 9.67. The fourth-order valence-electron chi connectivity index (χ4n) is 2.04. The van der Waals surface area contributed by atoms with Crippen LogP contribution < -0.4 is 5.73 Å². The maximum atomic E-state index is 11.5. The van der Waals surface area contributed by atoms with E-state index in [1.807, 2.05) is 11.8 Å². The lowest BCUT2D eigenvalue weighted by Crippen LogP contribution is -2.34. The highest BCUT2D eigenvalue weighted by atomic mass is 32.2. The number of thioether (sulfide) groups is 1. The van der Waals surface area contributed by atoms with Crippen LogP contribution in [0, 0.1) is 0 Å². The van der Waals surface area contributed by atoms with Gasteiger partial charge in [-0.05, 0) is 18.6 Å². The van der Waals surface area contributed by atoms with Crippen molar-refractivity contribution < 1.29 is 9.53 Å². The van der Waals surface area contributed by atoms with E-state index in [1.165, 1.54) is 25.0 Å². The standard InChI is InChI=1S/C10H18N2O2S/c11-5-8-6-12(10(13)14-8)7-9-3-1-2-4-15-9/h8-9H,1-7,11H2/t8-,9?/m0/s1. The van der Waals surface area contributed by atoms with Crippen LogP contribution in [0.5, 0.6) is 0 Å². The Hall–Kier alpha value is -0.420. The summed E-state index contributed by atoms with van der Waals surface area (Å²) in [5.74, 6) is 1.23. The van der Waals surface area contributed by atoms with E-state index in [0.717, 1.165) is 6.54 Å². The summed E-state index contributed by atoms with van der Waals surface area (Å²) in [5, 5.41) is 0.600. The molecule has 0 radical (unpaired) electrons. The van der Waals surface area contributed by atoms with Gasteiger partial charge in [0.25, 0.3) is 0 Å². The van der Waals surface area contributed by atoms with Gasteiger partial charge >= 0.3 is 6.09 Å². The normalized spacial score (nSPS) is 31.8. The van der Waals surface area contributed by atoms with Crippen molar-refractivity contribution in [3.05, 3.63) is 0 Å². The topological polar surface area (TPSA) is 55.6 Å². The van der Waals surface area contributed by atoms with Crippen molar-refractivity contribution >= 4 is 17.9 Å². The molecule has 1 unspecified atom stereocenters. The third-order valence-electron chi connectivity index (χ3n) is 2.91. The van der Waals surface area contributed by atoms with Crippen LogP contribution in [0.1, 0.15) is 19.3 Å². The summed E-state index contributed by atoms with van der Waals surface area (Å²) < 4.78 is 5.12. The molecule has 2 fully saturated rings. The molecule has 86 valence electrons. The van der Waals surface area contributed by atoms with Crippen LogP contribution in [0.15, 0.2) is 0 Å². The van der Waals surface area contributed by atoms with Gasteiger partial charge in [0, 0.05) is 18.3 Å². The third kappa shape index (κ3) is 2.78. The van der Waals surface area contributed by atoms with Gasteiger partial charge < -0.3 is 15.4 Å². The summed E-state index contributed by atoms with van der Waals surface area (Å²) in [4.78, 5) is 13.3. The zero-order valence-electron chi connectivity index (χ0n) is 8.85. The Morgan fingerprint density at radius 1 is 1.53 bits per heavy atom. The van der Waals surface area contributed by atoms with E-state index in [0.29, 0.717) is 18.3 Å². The summed E-state index contributed by atoms with van der Waals surface area (Å²) in [5.41, 5.74) is 5.48. The van der Waals surface area contributed by atoms with Crippen molar-refractivity contribution in [1.29, 1.82) is 0 Å². The van der Waals surface area contributed by atoms with Crippen LogP contribution in [-0.4, -0.2) is 47.7 Å². The van der Waals surface area contributed by atoms with Crippen LogP contribution in [0.25, 0.3) is 0 Å². The number of hydrogen-bond donors (Lipinski definition) is 1. The minimum absolute atomic E-state index is 0.0916. The molecule has 2 aliphatic rings. The quantitative estimate of drug-likeness (QED) is 0.787. The second kappa shape index (κ2) is 5.07. The van der Waals surface area contributed by atoms with Gasteiger partial charge in [0.15, 0.2) is 0 Å². The first-order valence-corrected chi connectivity index (χ1v) is 6.61. The van der Waals surface area contributed by atoms with Crippen LogP contribution in [0.3, 0.4) is 0 Å². The molecule has 0 aromatic carbocycles. The Labute approximate surface area is 94.5 Å². The number of nitrogens with zero attached hydrogens (tertiary/aromatic N) is 1. The van der Waals surface area contributed by atoms with Crippen LogP contribution in [0.4, 0.5) is 4.79 Å². The first-order chi connectivity index (χ1) is 7.29. The van der Waals surface area contributed by atoms with E-state index in [-0.39, 0.29) is 12.2 Å². The second-order valence-corrected chi connectivity index (χ2v) is 5.54. The number of ether oxygens (including phenoxy) is 1. The van der Waals surface area contributed by atoms with Gasteiger partial charge in [-0.15, -0.1) is 0 Å². The molecule has 0 spiro atoms. The van der Waals surface area contributed by atoms with Crippen molar-refractivity contribution in [2.45, 2.75) is 30.6 Å². The lowest BCUT2D eigenvalue weighted by molar-refractivity contribution is 0.135. The van der Waals surface area contributed by atoms with Gasteiger partial charge in [0.05, 0.1) is 6.54 Å². The molecule has 2 atom stereocenters. The Kier molecular flexibility index (Phi) is 3.75. The molecule has 15 heavy (non-hydrogen) atoms. The van der Waals surface area contributed by atoms with E-state index in [2.05, 4.69) is 0 Å². The van der Waals surface area contributed by atoms with E-state index >= 15 is 0 Å². The summed E-state index contributed by atoms with van der Waals surface area (Å²) in [6.07, 6.45) is 3.56.